The van der Waals surface area contributed by atoms with Crippen LogP contribution in [0.1, 0.15) is 32.3 Å². The Morgan fingerprint density at radius 2 is 2.00 bits per heavy atom. The fourth-order valence-corrected chi connectivity index (χ4v) is 1.97. The van der Waals surface area contributed by atoms with Gasteiger partial charge in [-0.3, -0.25) is 4.68 Å². The average molecular weight is 260 g/mol. The highest BCUT2D eigenvalue weighted by Gasteiger charge is 2.15. The Balaban J connectivity index is 2.35. The molecule has 0 spiro atoms. The molecule has 2 N–H and O–H groups in total. The second-order valence-corrected chi connectivity index (χ2v) is 4.70. The average Bonchev–Trinajstić information content (AvgIpc) is 2.75. The van der Waals surface area contributed by atoms with Crippen LogP contribution in [-0.2, 0) is 7.05 Å². The van der Waals surface area contributed by atoms with Gasteiger partial charge in [0.1, 0.15) is 18.0 Å². The van der Waals surface area contributed by atoms with E-state index in [0.29, 0.717) is 5.92 Å². The van der Waals surface area contributed by atoms with E-state index < -0.39 is 0 Å². The summed E-state index contributed by atoms with van der Waals surface area (Å²) < 4.78 is 1.75. The van der Waals surface area contributed by atoms with Gasteiger partial charge >= 0.3 is 0 Å². The molecule has 0 saturated heterocycles. The van der Waals surface area contributed by atoms with E-state index in [4.69, 9.17) is 0 Å². The highest BCUT2D eigenvalue weighted by atomic mass is 15.3. The fourth-order valence-electron chi connectivity index (χ4n) is 1.97. The number of anilines is 3. The zero-order chi connectivity index (χ0) is 13.8. The lowest BCUT2D eigenvalue weighted by molar-refractivity contribution is 0.768. The molecule has 2 heterocycles. The van der Waals surface area contributed by atoms with Crippen molar-refractivity contribution >= 4 is 17.3 Å². The van der Waals surface area contributed by atoms with Crippen molar-refractivity contribution in [2.75, 3.05) is 17.2 Å². The number of nitrogens with one attached hydrogen (secondary N) is 2. The van der Waals surface area contributed by atoms with Crippen molar-refractivity contribution in [2.45, 2.75) is 26.7 Å². The highest BCUT2D eigenvalue weighted by molar-refractivity contribution is 5.65. The van der Waals surface area contributed by atoms with Crippen LogP contribution in [0, 0.1) is 0 Å². The molecule has 2 aromatic heterocycles. The first-order chi connectivity index (χ1) is 9.11. The maximum atomic E-state index is 4.35. The lowest BCUT2D eigenvalue weighted by Gasteiger charge is -2.16. The van der Waals surface area contributed by atoms with Crippen LogP contribution < -0.4 is 10.6 Å². The summed E-state index contributed by atoms with van der Waals surface area (Å²) in [7, 11) is 1.89. The molecule has 0 unspecified atom stereocenters. The number of nitrogens with zero attached hydrogens (tertiary/aromatic N) is 4. The molecular formula is C13H20N6. The van der Waals surface area contributed by atoms with Gasteiger partial charge in [-0.1, -0.05) is 13.8 Å². The van der Waals surface area contributed by atoms with Gasteiger partial charge in [0.25, 0.3) is 0 Å². The first-order valence-electron chi connectivity index (χ1n) is 6.46. The Hall–Kier alpha value is -2.11. The molecule has 2 rings (SSSR count). The molecule has 0 aromatic carbocycles. The van der Waals surface area contributed by atoms with E-state index in [9.17, 15) is 0 Å². The summed E-state index contributed by atoms with van der Waals surface area (Å²) in [5.41, 5.74) is 2.01. The Kier molecular flexibility index (Phi) is 3.99. The van der Waals surface area contributed by atoms with Crippen LogP contribution in [0.3, 0.4) is 0 Å². The van der Waals surface area contributed by atoms with Gasteiger partial charge in [-0.25, -0.2) is 9.97 Å². The van der Waals surface area contributed by atoms with Gasteiger partial charge in [0, 0.05) is 25.4 Å². The molecule has 0 atom stereocenters. The number of aromatic nitrogens is 4. The summed E-state index contributed by atoms with van der Waals surface area (Å²) in [6.07, 6.45) is 5.26. The fraction of sp³-hybridized carbons (Fsp3) is 0.462. The van der Waals surface area contributed by atoms with Crippen LogP contribution in [0.5, 0.6) is 0 Å². The molecule has 0 saturated carbocycles. The smallest absolute Gasteiger partial charge is 0.139 e. The Morgan fingerprint density at radius 3 is 2.58 bits per heavy atom. The van der Waals surface area contributed by atoms with Gasteiger partial charge in [-0.2, -0.15) is 5.10 Å². The Morgan fingerprint density at radius 1 is 1.26 bits per heavy atom. The summed E-state index contributed by atoms with van der Waals surface area (Å²) in [5, 5.41) is 10.7. The minimum Gasteiger partial charge on any atom is -0.370 e. The van der Waals surface area contributed by atoms with Gasteiger partial charge in [-0.15, -0.1) is 0 Å². The van der Waals surface area contributed by atoms with Gasteiger partial charge in [0.05, 0.1) is 11.9 Å². The van der Waals surface area contributed by atoms with Crippen molar-refractivity contribution < 1.29 is 0 Å². The van der Waals surface area contributed by atoms with Gasteiger partial charge in [0.15, 0.2) is 0 Å². The van der Waals surface area contributed by atoms with E-state index in [1.807, 2.05) is 13.2 Å². The highest BCUT2D eigenvalue weighted by Crippen LogP contribution is 2.29. The second-order valence-electron chi connectivity index (χ2n) is 4.70. The zero-order valence-electron chi connectivity index (χ0n) is 11.8. The molecule has 0 bridgehead atoms. The third-order valence-electron chi connectivity index (χ3n) is 2.77. The van der Waals surface area contributed by atoms with Crippen LogP contribution in [-0.4, -0.2) is 26.3 Å². The Labute approximate surface area is 113 Å². The topological polar surface area (TPSA) is 67.7 Å². The van der Waals surface area contributed by atoms with Crippen molar-refractivity contribution in [3.8, 4) is 0 Å². The van der Waals surface area contributed by atoms with Crippen molar-refractivity contribution in [1.29, 1.82) is 0 Å². The molecule has 0 aliphatic heterocycles. The molecule has 6 heteroatoms. The third kappa shape index (κ3) is 3.01. The molecule has 0 aliphatic carbocycles. The van der Waals surface area contributed by atoms with Crippen molar-refractivity contribution in [1.82, 2.24) is 19.7 Å². The number of rotatable bonds is 5. The maximum Gasteiger partial charge on any atom is 0.139 e. The largest absolute Gasteiger partial charge is 0.370 e. The summed E-state index contributed by atoms with van der Waals surface area (Å²) in [4.78, 5) is 8.66. The molecule has 2 aromatic rings. The van der Waals surface area contributed by atoms with Crippen LogP contribution >= 0.6 is 0 Å². The normalized spacial score (nSPS) is 10.8. The lowest BCUT2D eigenvalue weighted by Crippen LogP contribution is -2.09. The van der Waals surface area contributed by atoms with E-state index in [1.165, 1.54) is 0 Å². The van der Waals surface area contributed by atoms with Crippen molar-refractivity contribution in [3.63, 3.8) is 0 Å². The predicted molar refractivity (Wildman–Crippen MR) is 76.8 cm³/mol. The van der Waals surface area contributed by atoms with E-state index in [-0.39, 0.29) is 0 Å². The van der Waals surface area contributed by atoms with E-state index >= 15 is 0 Å². The number of hydrogen-bond donors (Lipinski definition) is 2. The van der Waals surface area contributed by atoms with Crippen molar-refractivity contribution in [2.24, 2.45) is 7.05 Å². The first-order valence-corrected chi connectivity index (χ1v) is 6.46. The molecule has 0 radical (unpaired) electrons. The molecular weight excluding hydrogens is 240 g/mol. The minimum absolute atomic E-state index is 0.328. The lowest BCUT2D eigenvalue weighted by atomic mass is 10.0. The summed E-state index contributed by atoms with van der Waals surface area (Å²) in [5.74, 6) is 2.04. The second kappa shape index (κ2) is 5.69. The van der Waals surface area contributed by atoms with Crippen LogP contribution in [0.25, 0.3) is 0 Å². The van der Waals surface area contributed by atoms with E-state index in [2.05, 4.69) is 46.5 Å². The summed E-state index contributed by atoms with van der Waals surface area (Å²) >= 11 is 0. The molecule has 0 amide bonds. The van der Waals surface area contributed by atoms with E-state index in [1.54, 1.807) is 17.2 Å². The van der Waals surface area contributed by atoms with Gasteiger partial charge in [0.2, 0.25) is 0 Å². The standard InChI is InChI=1S/C13H20N6/c1-5-14-12-11(9(2)3)13(16-8-15-12)18-10-6-17-19(4)7-10/h6-9H,5H2,1-4H3,(H2,14,15,16,18). The number of hydrogen-bond acceptors (Lipinski definition) is 5. The van der Waals surface area contributed by atoms with Gasteiger partial charge < -0.3 is 10.6 Å². The summed E-state index contributed by atoms with van der Waals surface area (Å²) in [6.45, 7) is 7.16. The van der Waals surface area contributed by atoms with Crippen molar-refractivity contribution in [3.05, 3.63) is 24.3 Å². The monoisotopic (exact) mass is 260 g/mol. The molecule has 0 aliphatic rings. The Bertz CT molecular complexity index is 546. The summed E-state index contributed by atoms with van der Waals surface area (Å²) in [6, 6.07) is 0. The molecule has 19 heavy (non-hydrogen) atoms. The molecule has 0 fully saturated rings. The van der Waals surface area contributed by atoms with Crippen LogP contribution in [0.15, 0.2) is 18.7 Å². The zero-order valence-corrected chi connectivity index (χ0v) is 11.8. The third-order valence-corrected chi connectivity index (χ3v) is 2.77. The SMILES string of the molecule is CCNc1ncnc(Nc2cnn(C)c2)c1C(C)C. The predicted octanol–water partition coefficient (Wildman–Crippen LogP) is 2.51. The minimum atomic E-state index is 0.328. The molecule has 102 valence electrons. The first kappa shape index (κ1) is 13.3. The quantitative estimate of drug-likeness (QED) is 0.864. The van der Waals surface area contributed by atoms with Gasteiger partial charge in [-0.05, 0) is 12.8 Å². The van der Waals surface area contributed by atoms with E-state index in [0.717, 1.165) is 29.4 Å². The van der Waals surface area contributed by atoms with Crippen LogP contribution in [0.4, 0.5) is 17.3 Å². The van der Waals surface area contributed by atoms with Crippen LogP contribution in [0.2, 0.25) is 0 Å². The molecule has 6 nitrogen and oxygen atoms in total. The maximum absolute atomic E-state index is 4.35. The number of aryl methyl sites for hydroxylation is 1.